The van der Waals surface area contributed by atoms with Gasteiger partial charge < -0.3 is 4.90 Å². The van der Waals surface area contributed by atoms with Gasteiger partial charge in [0.2, 0.25) is 5.91 Å². The SMILES string of the molecule is C=CC1CC2C=C(C)C(=C)CN2C1=O. The van der Waals surface area contributed by atoms with Crippen LogP contribution >= 0.6 is 0 Å². The molecule has 0 aromatic rings. The van der Waals surface area contributed by atoms with Crippen molar-refractivity contribution >= 4 is 5.91 Å². The van der Waals surface area contributed by atoms with Gasteiger partial charge >= 0.3 is 0 Å². The van der Waals surface area contributed by atoms with Crippen LogP contribution in [0, 0.1) is 5.92 Å². The summed E-state index contributed by atoms with van der Waals surface area (Å²) in [5, 5.41) is 0. The number of carbonyl (C=O) groups excluding carboxylic acids is 1. The molecule has 2 unspecified atom stereocenters. The first kappa shape index (κ1) is 9.25. The van der Waals surface area contributed by atoms with Crippen molar-refractivity contribution in [2.75, 3.05) is 6.54 Å². The Balaban J connectivity index is 2.29. The normalized spacial score (nSPS) is 31.5. The lowest BCUT2D eigenvalue weighted by atomic mass is 9.99. The van der Waals surface area contributed by atoms with Crippen LogP contribution in [0.25, 0.3) is 0 Å². The number of hydrogen-bond acceptors (Lipinski definition) is 1. The van der Waals surface area contributed by atoms with Crippen LogP contribution < -0.4 is 0 Å². The van der Waals surface area contributed by atoms with Crippen LogP contribution in [-0.2, 0) is 4.79 Å². The highest BCUT2D eigenvalue weighted by molar-refractivity contribution is 5.84. The number of nitrogens with zero attached hydrogens (tertiary/aromatic N) is 1. The highest BCUT2D eigenvalue weighted by atomic mass is 16.2. The topological polar surface area (TPSA) is 20.3 Å². The van der Waals surface area contributed by atoms with Gasteiger partial charge in [-0.3, -0.25) is 4.79 Å². The zero-order valence-corrected chi connectivity index (χ0v) is 8.49. The molecule has 14 heavy (non-hydrogen) atoms. The number of hydrogen-bond donors (Lipinski definition) is 0. The Labute approximate surface area is 84.6 Å². The molecule has 2 aliphatic rings. The molecule has 2 rings (SSSR count). The summed E-state index contributed by atoms with van der Waals surface area (Å²) in [6, 6.07) is 0.274. The quantitative estimate of drug-likeness (QED) is 0.577. The zero-order valence-electron chi connectivity index (χ0n) is 8.49. The summed E-state index contributed by atoms with van der Waals surface area (Å²) in [5.41, 5.74) is 2.28. The molecule has 2 aliphatic heterocycles. The summed E-state index contributed by atoms with van der Waals surface area (Å²) in [5.74, 6) is 0.213. The van der Waals surface area contributed by atoms with Crippen LogP contribution in [0.3, 0.4) is 0 Å². The minimum absolute atomic E-state index is 0.00921. The van der Waals surface area contributed by atoms with Gasteiger partial charge in [0.1, 0.15) is 0 Å². The first-order valence-electron chi connectivity index (χ1n) is 4.93. The first-order valence-corrected chi connectivity index (χ1v) is 4.93. The van der Waals surface area contributed by atoms with Crippen molar-refractivity contribution in [2.24, 2.45) is 5.92 Å². The molecule has 2 heterocycles. The number of carbonyl (C=O) groups is 1. The molecule has 0 aromatic carbocycles. The molecule has 0 aromatic heterocycles. The molecule has 2 heteroatoms. The molecule has 0 saturated carbocycles. The summed E-state index contributed by atoms with van der Waals surface area (Å²) in [6.45, 7) is 10.4. The fraction of sp³-hybridized carbons (Fsp3) is 0.417. The van der Waals surface area contributed by atoms with Crippen LogP contribution in [0.2, 0.25) is 0 Å². The third-order valence-corrected chi connectivity index (χ3v) is 3.14. The maximum Gasteiger partial charge on any atom is 0.230 e. The minimum atomic E-state index is 0.00921. The molecule has 1 fully saturated rings. The fourth-order valence-electron chi connectivity index (χ4n) is 2.15. The Morgan fingerprint density at radius 2 is 2.36 bits per heavy atom. The molecule has 2 nitrogen and oxygen atoms in total. The summed E-state index contributed by atoms with van der Waals surface area (Å²) in [7, 11) is 0. The molecular formula is C12H15NO. The van der Waals surface area contributed by atoms with Crippen molar-refractivity contribution in [1.82, 2.24) is 4.90 Å². The average Bonchev–Trinajstić information content (AvgIpc) is 2.45. The van der Waals surface area contributed by atoms with Crippen LogP contribution in [0.1, 0.15) is 13.3 Å². The lowest BCUT2D eigenvalue weighted by Crippen LogP contribution is -2.37. The molecule has 0 bridgehead atoms. The first-order chi connectivity index (χ1) is 6.63. The monoisotopic (exact) mass is 189 g/mol. The van der Waals surface area contributed by atoms with Crippen molar-refractivity contribution in [3.63, 3.8) is 0 Å². The second-order valence-corrected chi connectivity index (χ2v) is 4.06. The number of amides is 1. The van der Waals surface area contributed by atoms with Crippen molar-refractivity contribution < 1.29 is 4.79 Å². The van der Waals surface area contributed by atoms with E-state index in [1.54, 1.807) is 6.08 Å². The Hall–Kier alpha value is -1.31. The van der Waals surface area contributed by atoms with Gasteiger partial charge in [-0.1, -0.05) is 18.7 Å². The summed E-state index contributed by atoms with van der Waals surface area (Å²) in [4.78, 5) is 13.7. The van der Waals surface area contributed by atoms with Gasteiger partial charge in [0.05, 0.1) is 12.0 Å². The van der Waals surface area contributed by atoms with Crippen LogP contribution in [0.4, 0.5) is 0 Å². The summed E-state index contributed by atoms with van der Waals surface area (Å²) < 4.78 is 0. The van der Waals surface area contributed by atoms with Crippen molar-refractivity contribution in [3.05, 3.63) is 36.5 Å². The number of rotatable bonds is 1. The van der Waals surface area contributed by atoms with E-state index < -0.39 is 0 Å². The third kappa shape index (κ3) is 1.22. The van der Waals surface area contributed by atoms with E-state index in [2.05, 4.69) is 26.2 Å². The predicted octanol–water partition coefficient (Wildman–Crippen LogP) is 1.91. The van der Waals surface area contributed by atoms with Crippen LogP contribution in [0.5, 0.6) is 0 Å². The molecule has 0 spiro atoms. The lowest BCUT2D eigenvalue weighted by molar-refractivity contribution is -0.130. The maximum atomic E-state index is 11.8. The van der Waals surface area contributed by atoms with E-state index in [0.29, 0.717) is 6.54 Å². The Morgan fingerprint density at radius 1 is 1.64 bits per heavy atom. The molecule has 0 N–H and O–H groups in total. The second-order valence-electron chi connectivity index (χ2n) is 4.06. The van der Waals surface area contributed by atoms with E-state index in [9.17, 15) is 4.79 Å². The van der Waals surface area contributed by atoms with Gasteiger partial charge in [0, 0.05) is 6.54 Å². The van der Waals surface area contributed by atoms with Gasteiger partial charge in [0.15, 0.2) is 0 Å². The highest BCUT2D eigenvalue weighted by Crippen LogP contribution is 2.32. The summed E-state index contributed by atoms with van der Waals surface area (Å²) >= 11 is 0. The molecule has 1 saturated heterocycles. The average molecular weight is 189 g/mol. The van der Waals surface area contributed by atoms with Crippen molar-refractivity contribution in [2.45, 2.75) is 19.4 Å². The Kier molecular flexibility index (Phi) is 2.06. The van der Waals surface area contributed by atoms with Crippen LogP contribution in [-0.4, -0.2) is 23.4 Å². The van der Waals surface area contributed by atoms with Gasteiger partial charge in [-0.2, -0.15) is 0 Å². The standard InChI is InChI=1S/C12H15NO/c1-4-10-6-11-5-8(2)9(3)7-13(11)12(10)14/h4-5,10-11H,1,3,6-7H2,2H3. The van der Waals surface area contributed by atoms with E-state index in [0.717, 1.165) is 12.0 Å². The third-order valence-electron chi connectivity index (χ3n) is 3.14. The smallest absolute Gasteiger partial charge is 0.230 e. The van der Waals surface area contributed by atoms with Gasteiger partial charge in [-0.05, 0) is 24.5 Å². The molecule has 0 aliphatic carbocycles. The molecule has 0 radical (unpaired) electrons. The predicted molar refractivity (Wildman–Crippen MR) is 56.7 cm³/mol. The molecule has 1 amide bonds. The lowest BCUT2D eigenvalue weighted by Gasteiger charge is -2.29. The van der Waals surface area contributed by atoms with Crippen molar-refractivity contribution in [1.29, 1.82) is 0 Å². The highest BCUT2D eigenvalue weighted by Gasteiger charge is 2.38. The van der Waals surface area contributed by atoms with Crippen LogP contribution in [0.15, 0.2) is 36.5 Å². The molecular weight excluding hydrogens is 174 g/mol. The van der Waals surface area contributed by atoms with E-state index in [1.165, 1.54) is 5.57 Å². The van der Waals surface area contributed by atoms with Gasteiger partial charge in [-0.25, -0.2) is 0 Å². The largest absolute Gasteiger partial charge is 0.331 e. The van der Waals surface area contributed by atoms with E-state index in [1.807, 2.05) is 4.90 Å². The van der Waals surface area contributed by atoms with Gasteiger partial charge in [-0.15, -0.1) is 6.58 Å². The summed E-state index contributed by atoms with van der Waals surface area (Å²) in [6.07, 6.45) is 4.78. The zero-order chi connectivity index (χ0) is 10.3. The fourth-order valence-corrected chi connectivity index (χ4v) is 2.15. The van der Waals surface area contributed by atoms with E-state index in [-0.39, 0.29) is 17.9 Å². The molecule has 2 atom stereocenters. The minimum Gasteiger partial charge on any atom is -0.331 e. The van der Waals surface area contributed by atoms with E-state index in [4.69, 9.17) is 0 Å². The van der Waals surface area contributed by atoms with E-state index >= 15 is 0 Å². The van der Waals surface area contributed by atoms with Gasteiger partial charge in [0.25, 0.3) is 0 Å². The van der Waals surface area contributed by atoms with Crippen molar-refractivity contribution in [3.8, 4) is 0 Å². The second kappa shape index (κ2) is 3.12. The molecule has 74 valence electrons. The maximum absolute atomic E-state index is 11.8. The number of fused-ring (bicyclic) bond motifs is 1. The Bertz CT molecular complexity index is 340. The Morgan fingerprint density at radius 3 is 3.00 bits per heavy atom.